The zero-order valence-corrected chi connectivity index (χ0v) is 11.9. The van der Waals surface area contributed by atoms with E-state index in [1.165, 1.54) is 16.7 Å². The molecule has 0 spiro atoms. The molecule has 17 heavy (non-hydrogen) atoms. The van der Waals surface area contributed by atoms with Gasteiger partial charge in [-0.05, 0) is 43.4 Å². The molecule has 0 bridgehead atoms. The molecule has 0 aliphatic heterocycles. The van der Waals surface area contributed by atoms with Crippen LogP contribution in [-0.4, -0.2) is 13.2 Å². The molecule has 0 aromatic heterocycles. The standard InChI is InChI=1S/C15H25NO/c1-9(2)14(12(5)16)13-7-10(3)15(17-6)11(4)8-13/h7-9,12,14H,16H2,1-6H3. The van der Waals surface area contributed by atoms with E-state index in [2.05, 4.69) is 46.8 Å². The summed E-state index contributed by atoms with van der Waals surface area (Å²) in [5.41, 5.74) is 9.81. The minimum atomic E-state index is 0.169. The maximum absolute atomic E-state index is 6.11. The van der Waals surface area contributed by atoms with E-state index in [4.69, 9.17) is 10.5 Å². The number of aryl methyl sites for hydroxylation is 2. The van der Waals surface area contributed by atoms with E-state index in [1.54, 1.807) is 7.11 Å². The van der Waals surface area contributed by atoms with Crippen molar-refractivity contribution in [3.8, 4) is 5.75 Å². The van der Waals surface area contributed by atoms with E-state index >= 15 is 0 Å². The maximum atomic E-state index is 6.11. The highest BCUT2D eigenvalue weighted by Gasteiger charge is 2.21. The van der Waals surface area contributed by atoms with Crippen molar-refractivity contribution in [2.75, 3.05) is 7.11 Å². The van der Waals surface area contributed by atoms with Crippen molar-refractivity contribution in [2.24, 2.45) is 11.7 Å². The van der Waals surface area contributed by atoms with E-state index in [1.807, 2.05) is 0 Å². The van der Waals surface area contributed by atoms with Crippen LogP contribution in [0.5, 0.6) is 5.75 Å². The van der Waals surface area contributed by atoms with Crippen molar-refractivity contribution in [1.29, 1.82) is 0 Å². The van der Waals surface area contributed by atoms with Crippen LogP contribution < -0.4 is 10.5 Å². The van der Waals surface area contributed by atoms with Gasteiger partial charge in [0, 0.05) is 12.0 Å². The second-order valence-electron chi connectivity index (χ2n) is 5.32. The molecule has 2 heteroatoms. The molecule has 0 saturated carbocycles. The van der Waals surface area contributed by atoms with Gasteiger partial charge < -0.3 is 10.5 Å². The monoisotopic (exact) mass is 235 g/mol. The average Bonchev–Trinajstić information content (AvgIpc) is 2.15. The highest BCUT2D eigenvalue weighted by Crippen LogP contribution is 2.32. The van der Waals surface area contributed by atoms with Gasteiger partial charge in [0.25, 0.3) is 0 Å². The Balaban J connectivity index is 3.22. The van der Waals surface area contributed by atoms with Crippen molar-refractivity contribution in [3.63, 3.8) is 0 Å². The van der Waals surface area contributed by atoms with Crippen LogP contribution in [0.1, 0.15) is 43.4 Å². The van der Waals surface area contributed by atoms with Crippen LogP contribution in [0.3, 0.4) is 0 Å². The van der Waals surface area contributed by atoms with Crippen molar-refractivity contribution in [3.05, 3.63) is 28.8 Å². The number of nitrogens with two attached hydrogens (primary N) is 1. The summed E-state index contributed by atoms with van der Waals surface area (Å²) < 4.78 is 5.40. The molecule has 96 valence electrons. The fourth-order valence-electron chi connectivity index (χ4n) is 2.79. The molecule has 0 aliphatic carbocycles. The third-order valence-electron chi connectivity index (χ3n) is 3.36. The molecule has 0 amide bonds. The van der Waals surface area contributed by atoms with Crippen LogP contribution >= 0.6 is 0 Å². The molecule has 1 aromatic carbocycles. The summed E-state index contributed by atoms with van der Waals surface area (Å²) >= 11 is 0. The lowest BCUT2D eigenvalue weighted by atomic mass is 9.82. The van der Waals surface area contributed by atoms with Gasteiger partial charge in [-0.2, -0.15) is 0 Å². The average molecular weight is 235 g/mol. The van der Waals surface area contributed by atoms with Gasteiger partial charge in [-0.1, -0.05) is 26.0 Å². The number of ether oxygens (including phenoxy) is 1. The summed E-state index contributed by atoms with van der Waals surface area (Å²) in [5, 5.41) is 0. The number of hydrogen-bond donors (Lipinski definition) is 1. The summed E-state index contributed by atoms with van der Waals surface area (Å²) in [7, 11) is 1.72. The highest BCUT2D eigenvalue weighted by molar-refractivity contribution is 5.44. The van der Waals surface area contributed by atoms with Crippen LogP contribution in [0.25, 0.3) is 0 Å². The van der Waals surface area contributed by atoms with Crippen molar-refractivity contribution < 1.29 is 4.74 Å². The molecule has 2 unspecified atom stereocenters. The lowest BCUT2D eigenvalue weighted by molar-refractivity contribution is 0.405. The third kappa shape index (κ3) is 3.01. The zero-order chi connectivity index (χ0) is 13.2. The topological polar surface area (TPSA) is 35.2 Å². The predicted octanol–water partition coefficient (Wildman–Crippen LogP) is 3.40. The zero-order valence-electron chi connectivity index (χ0n) is 11.9. The molecule has 0 saturated heterocycles. The molecule has 2 nitrogen and oxygen atoms in total. The lowest BCUT2D eigenvalue weighted by Gasteiger charge is -2.26. The van der Waals surface area contributed by atoms with Crippen LogP contribution in [0, 0.1) is 19.8 Å². The molecular weight excluding hydrogens is 210 g/mol. The normalized spacial score (nSPS) is 14.8. The van der Waals surface area contributed by atoms with E-state index in [0.29, 0.717) is 11.8 Å². The Kier molecular flexibility index (Phi) is 4.58. The largest absolute Gasteiger partial charge is 0.496 e. The first-order valence-electron chi connectivity index (χ1n) is 6.29. The fraction of sp³-hybridized carbons (Fsp3) is 0.600. The summed E-state index contributed by atoms with van der Waals surface area (Å²) in [6.07, 6.45) is 0. The fourth-order valence-corrected chi connectivity index (χ4v) is 2.79. The third-order valence-corrected chi connectivity index (χ3v) is 3.36. The minimum absolute atomic E-state index is 0.169. The van der Waals surface area contributed by atoms with Gasteiger partial charge in [0.15, 0.2) is 0 Å². The number of methoxy groups -OCH3 is 1. The Morgan fingerprint density at radius 2 is 1.53 bits per heavy atom. The molecule has 0 radical (unpaired) electrons. The maximum Gasteiger partial charge on any atom is 0.124 e. The van der Waals surface area contributed by atoms with E-state index in [9.17, 15) is 0 Å². The quantitative estimate of drug-likeness (QED) is 0.868. The van der Waals surface area contributed by atoms with Crippen molar-refractivity contribution in [2.45, 2.75) is 46.6 Å². The molecule has 2 atom stereocenters. The van der Waals surface area contributed by atoms with E-state index in [0.717, 1.165) is 5.75 Å². The van der Waals surface area contributed by atoms with Crippen molar-refractivity contribution in [1.82, 2.24) is 0 Å². The van der Waals surface area contributed by atoms with Gasteiger partial charge in [-0.3, -0.25) is 0 Å². The molecule has 0 heterocycles. The SMILES string of the molecule is COc1c(C)cc(C(C(C)C)C(C)N)cc1C. The number of rotatable bonds is 4. The highest BCUT2D eigenvalue weighted by atomic mass is 16.5. The summed E-state index contributed by atoms with van der Waals surface area (Å²) in [5.74, 6) is 1.93. The van der Waals surface area contributed by atoms with Crippen LogP contribution in [0.15, 0.2) is 12.1 Å². The Morgan fingerprint density at radius 3 is 1.82 bits per heavy atom. The second-order valence-corrected chi connectivity index (χ2v) is 5.32. The number of benzene rings is 1. The van der Waals surface area contributed by atoms with Gasteiger partial charge in [-0.15, -0.1) is 0 Å². The molecule has 2 N–H and O–H groups in total. The molecular formula is C15H25NO. The van der Waals surface area contributed by atoms with Gasteiger partial charge in [0.2, 0.25) is 0 Å². The summed E-state index contributed by atoms with van der Waals surface area (Å²) in [6.45, 7) is 10.7. The van der Waals surface area contributed by atoms with E-state index in [-0.39, 0.29) is 6.04 Å². The Morgan fingerprint density at radius 1 is 1.06 bits per heavy atom. The Bertz CT molecular complexity index is 352. The summed E-state index contributed by atoms with van der Waals surface area (Å²) in [6, 6.07) is 4.59. The molecule has 0 aliphatic rings. The van der Waals surface area contributed by atoms with Gasteiger partial charge in [-0.25, -0.2) is 0 Å². The van der Waals surface area contributed by atoms with Crippen LogP contribution in [0.2, 0.25) is 0 Å². The van der Waals surface area contributed by atoms with Crippen LogP contribution in [0.4, 0.5) is 0 Å². The Hall–Kier alpha value is -1.02. The lowest BCUT2D eigenvalue weighted by Crippen LogP contribution is -2.28. The smallest absolute Gasteiger partial charge is 0.124 e. The minimum Gasteiger partial charge on any atom is -0.496 e. The molecule has 1 aromatic rings. The van der Waals surface area contributed by atoms with E-state index < -0.39 is 0 Å². The Labute approximate surface area is 105 Å². The van der Waals surface area contributed by atoms with Crippen LogP contribution in [-0.2, 0) is 0 Å². The summed E-state index contributed by atoms with van der Waals surface area (Å²) in [4.78, 5) is 0. The predicted molar refractivity (Wildman–Crippen MR) is 73.7 cm³/mol. The van der Waals surface area contributed by atoms with Gasteiger partial charge in [0.1, 0.15) is 5.75 Å². The first-order valence-corrected chi connectivity index (χ1v) is 6.29. The first kappa shape index (κ1) is 14.0. The second kappa shape index (κ2) is 5.54. The first-order chi connectivity index (χ1) is 7.88. The van der Waals surface area contributed by atoms with Crippen molar-refractivity contribution >= 4 is 0 Å². The number of hydrogen-bond acceptors (Lipinski definition) is 2. The van der Waals surface area contributed by atoms with Gasteiger partial charge >= 0.3 is 0 Å². The molecule has 1 rings (SSSR count). The van der Waals surface area contributed by atoms with Gasteiger partial charge in [0.05, 0.1) is 7.11 Å². The molecule has 0 fully saturated rings.